The first-order chi connectivity index (χ1) is 7.86. The molecule has 0 bridgehead atoms. The third kappa shape index (κ3) is 4.80. The third-order valence-electron chi connectivity index (χ3n) is 2.11. The molecule has 1 unspecified atom stereocenters. The van der Waals surface area contributed by atoms with Crippen LogP contribution >= 0.6 is 54.8 Å². The van der Waals surface area contributed by atoms with Crippen molar-refractivity contribution in [2.24, 2.45) is 5.92 Å². The maximum absolute atomic E-state index is 11.9. The smallest absolute Gasteiger partial charge is 0.210 e. The van der Waals surface area contributed by atoms with Crippen molar-refractivity contribution in [1.29, 1.82) is 0 Å². The lowest BCUT2D eigenvalue weighted by molar-refractivity contribution is 0.533. The number of nitrogens with one attached hydrogen (secondary N) is 1. The highest BCUT2D eigenvalue weighted by molar-refractivity contribution is 9.11. The molecule has 1 rings (SSSR count). The van der Waals surface area contributed by atoms with Gasteiger partial charge in [-0.15, -0.1) is 11.3 Å². The normalized spacial score (nSPS) is 13.9. The average molecular weight is 426 g/mol. The molecule has 0 radical (unpaired) electrons. The molecule has 1 N–H and O–H groups in total. The van der Waals surface area contributed by atoms with E-state index < -0.39 is 10.0 Å². The fourth-order valence-corrected chi connectivity index (χ4v) is 5.46. The van der Waals surface area contributed by atoms with E-state index in [2.05, 4.69) is 36.6 Å². The molecule has 98 valence electrons. The predicted octanol–water partition coefficient (Wildman–Crippen LogP) is 3.86. The van der Waals surface area contributed by atoms with Crippen molar-refractivity contribution < 1.29 is 8.42 Å². The van der Waals surface area contributed by atoms with Gasteiger partial charge < -0.3 is 0 Å². The van der Waals surface area contributed by atoms with Crippen molar-refractivity contribution >= 4 is 64.8 Å². The highest BCUT2D eigenvalue weighted by Crippen LogP contribution is 2.34. The Labute approximate surface area is 127 Å². The lowest BCUT2D eigenvalue weighted by Crippen LogP contribution is -2.28. The highest BCUT2D eigenvalue weighted by atomic mass is 79.9. The van der Waals surface area contributed by atoms with E-state index in [1.165, 1.54) is 6.07 Å². The topological polar surface area (TPSA) is 46.2 Å². The van der Waals surface area contributed by atoms with Gasteiger partial charge in [-0.25, -0.2) is 13.1 Å². The lowest BCUT2D eigenvalue weighted by atomic mass is 10.1. The highest BCUT2D eigenvalue weighted by Gasteiger charge is 2.19. The summed E-state index contributed by atoms with van der Waals surface area (Å²) >= 11 is 13.5. The van der Waals surface area contributed by atoms with Crippen molar-refractivity contribution in [3.63, 3.8) is 0 Å². The second-order valence-electron chi connectivity index (χ2n) is 3.62. The Hall–Kier alpha value is 0.860. The molecule has 0 aromatic carbocycles. The molecule has 0 spiro atoms. The molecule has 1 aromatic heterocycles. The summed E-state index contributed by atoms with van der Waals surface area (Å²) in [5.41, 5.74) is 0. The number of alkyl halides is 1. The first-order valence-corrected chi connectivity index (χ1v) is 9.46. The zero-order valence-corrected chi connectivity index (χ0v) is 14.6. The van der Waals surface area contributed by atoms with Crippen molar-refractivity contribution in [3.8, 4) is 0 Å². The molecule has 0 aliphatic rings. The van der Waals surface area contributed by atoms with E-state index in [-0.39, 0.29) is 4.21 Å². The Bertz CT molecular complexity index is 456. The number of sulfonamides is 1. The van der Waals surface area contributed by atoms with Crippen LogP contribution in [0.3, 0.4) is 0 Å². The average Bonchev–Trinajstić information content (AvgIpc) is 2.58. The Kier molecular flexibility index (Phi) is 6.42. The van der Waals surface area contributed by atoms with Crippen molar-refractivity contribution in [3.05, 3.63) is 14.9 Å². The van der Waals surface area contributed by atoms with E-state index in [9.17, 15) is 8.42 Å². The van der Waals surface area contributed by atoms with E-state index >= 15 is 0 Å². The summed E-state index contributed by atoms with van der Waals surface area (Å²) in [4.78, 5) is 0. The molecule has 1 aromatic rings. The van der Waals surface area contributed by atoms with E-state index in [0.717, 1.165) is 23.1 Å². The van der Waals surface area contributed by atoms with Gasteiger partial charge in [-0.2, -0.15) is 0 Å². The number of thiophene rings is 1. The standard InChI is InChI=1S/C9H12Br2ClNO2S2/c1-6(2-3-10)5-13-17(14,15)8-4-7(12)9(11)16-8/h4,6,13H,2-3,5H2,1H3. The number of hydrogen-bond acceptors (Lipinski definition) is 3. The molecule has 1 heterocycles. The van der Waals surface area contributed by atoms with Crippen LogP contribution in [0.25, 0.3) is 0 Å². The summed E-state index contributed by atoms with van der Waals surface area (Å²) in [6.07, 6.45) is 0.928. The van der Waals surface area contributed by atoms with Gasteiger partial charge in [-0.1, -0.05) is 34.5 Å². The summed E-state index contributed by atoms with van der Waals surface area (Å²) in [6, 6.07) is 1.45. The van der Waals surface area contributed by atoms with Gasteiger partial charge in [0.2, 0.25) is 10.0 Å². The minimum atomic E-state index is -3.44. The van der Waals surface area contributed by atoms with Gasteiger partial charge in [0, 0.05) is 11.9 Å². The summed E-state index contributed by atoms with van der Waals surface area (Å²) in [7, 11) is -3.44. The molecular formula is C9H12Br2ClNO2S2. The Morgan fingerprint density at radius 2 is 2.24 bits per heavy atom. The molecule has 0 aliphatic carbocycles. The molecule has 0 fully saturated rings. The third-order valence-corrected chi connectivity index (χ3v) is 6.94. The monoisotopic (exact) mass is 423 g/mol. The van der Waals surface area contributed by atoms with Crippen LogP contribution in [0.5, 0.6) is 0 Å². The van der Waals surface area contributed by atoms with Gasteiger partial charge in [0.25, 0.3) is 0 Å². The fraction of sp³-hybridized carbons (Fsp3) is 0.556. The minimum Gasteiger partial charge on any atom is -0.210 e. The maximum Gasteiger partial charge on any atom is 0.250 e. The van der Waals surface area contributed by atoms with Crippen molar-refractivity contribution in [2.45, 2.75) is 17.6 Å². The summed E-state index contributed by atoms with van der Waals surface area (Å²) in [6.45, 7) is 2.43. The Morgan fingerprint density at radius 3 is 2.71 bits per heavy atom. The first-order valence-electron chi connectivity index (χ1n) is 4.87. The zero-order chi connectivity index (χ0) is 13.1. The van der Waals surface area contributed by atoms with Crippen LogP contribution in [-0.2, 0) is 10.0 Å². The van der Waals surface area contributed by atoms with Crippen LogP contribution in [0.2, 0.25) is 5.02 Å². The van der Waals surface area contributed by atoms with Crippen molar-refractivity contribution in [2.75, 3.05) is 11.9 Å². The molecule has 0 saturated carbocycles. The number of rotatable bonds is 6. The van der Waals surface area contributed by atoms with Crippen LogP contribution in [-0.4, -0.2) is 20.3 Å². The predicted molar refractivity (Wildman–Crippen MR) is 79.8 cm³/mol. The van der Waals surface area contributed by atoms with Crippen LogP contribution in [0.1, 0.15) is 13.3 Å². The molecule has 3 nitrogen and oxygen atoms in total. The largest absolute Gasteiger partial charge is 0.250 e. The van der Waals surface area contributed by atoms with Gasteiger partial charge in [0.1, 0.15) is 4.21 Å². The van der Waals surface area contributed by atoms with Crippen LogP contribution in [0.15, 0.2) is 14.1 Å². The molecule has 8 heteroatoms. The molecular weight excluding hydrogens is 413 g/mol. The van der Waals surface area contributed by atoms with Gasteiger partial charge in [-0.05, 0) is 34.3 Å². The Balaban J connectivity index is 2.69. The number of halogens is 3. The molecule has 0 amide bonds. The van der Waals surface area contributed by atoms with E-state index in [1.807, 2.05) is 6.92 Å². The molecule has 0 aliphatic heterocycles. The minimum absolute atomic E-state index is 0.236. The van der Waals surface area contributed by atoms with Gasteiger partial charge in [-0.3, -0.25) is 0 Å². The quantitative estimate of drug-likeness (QED) is 0.704. The van der Waals surface area contributed by atoms with Gasteiger partial charge in [0.15, 0.2) is 0 Å². The van der Waals surface area contributed by atoms with Crippen LogP contribution in [0.4, 0.5) is 0 Å². The van der Waals surface area contributed by atoms with Gasteiger partial charge in [0.05, 0.1) is 8.81 Å². The first kappa shape index (κ1) is 15.9. The summed E-state index contributed by atoms with van der Waals surface area (Å²) < 4.78 is 27.3. The summed E-state index contributed by atoms with van der Waals surface area (Å²) in [5, 5.41) is 1.29. The van der Waals surface area contributed by atoms with E-state index in [1.54, 1.807) is 0 Å². The Morgan fingerprint density at radius 1 is 1.59 bits per heavy atom. The fourth-order valence-electron chi connectivity index (χ4n) is 1.07. The molecule has 17 heavy (non-hydrogen) atoms. The SMILES string of the molecule is CC(CCBr)CNS(=O)(=O)c1cc(Cl)c(Br)s1. The lowest BCUT2D eigenvalue weighted by Gasteiger charge is -2.10. The maximum atomic E-state index is 11.9. The van der Waals surface area contributed by atoms with Crippen LogP contribution in [0, 0.1) is 5.92 Å². The second kappa shape index (κ2) is 6.86. The van der Waals surface area contributed by atoms with Gasteiger partial charge >= 0.3 is 0 Å². The van der Waals surface area contributed by atoms with Crippen LogP contribution < -0.4 is 4.72 Å². The van der Waals surface area contributed by atoms with E-state index in [0.29, 0.717) is 21.3 Å². The second-order valence-corrected chi connectivity index (χ2v) is 9.19. The molecule has 1 atom stereocenters. The summed E-state index contributed by atoms with van der Waals surface area (Å²) in [5.74, 6) is 0.294. The molecule has 0 saturated heterocycles. The number of hydrogen-bond donors (Lipinski definition) is 1. The zero-order valence-electron chi connectivity index (χ0n) is 9.04. The van der Waals surface area contributed by atoms with E-state index in [4.69, 9.17) is 11.6 Å². The van der Waals surface area contributed by atoms with Crippen molar-refractivity contribution in [1.82, 2.24) is 4.72 Å².